The molecule has 1 saturated heterocycles. The van der Waals surface area contributed by atoms with Gasteiger partial charge >= 0.3 is 0 Å². The average molecular weight is 375 g/mol. The summed E-state index contributed by atoms with van der Waals surface area (Å²) < 4.78 is 5.67. The third-order valence-electron chi connectivity index (χ3n) is 6.37. The molecule has 0 atom stereocenters. The second-order valence-corrected chi connectivity index (χ2v) is 8.05. The molecule has 0 unspecified atom stereocenters. The number of amides is 1. The van der Waals surface area contributed by atoms with Crippen molar-refractivity contribution < 1.29 is 9.53 Å². The van der Waals surface area contributed by atoms with E-state index in [1.165, 1.54) is 11.3 Å². The van der Waals surface area contributed by atoms with Gasteiger partial charge in [0.25, 0.3) is 0 Å². The van der Waals surface area contributed by atoms with Crippen LogP contribution in [0.2, 0.25) is 0 Å². The van der Waals surface area contributed by atoms with Gasteiger partial charge in [-0.25, -0.2) is 0 Å². The summed E-state index contributed by atoms with van der Waals surface area (Å²) in [5, 5.41) is 3.15. The molecule has 0 bridgehead atoms. The average Bonchev–Trinajstić information content (AvgIpc) is 3.37. The molecule has 0 radical (unpaired) electrons. The summed E-state index contributed by atoms with van der Waals surface area (Å²) in [6, 6.07) is 10.5. The van der Waals surface area contributed by atoms with E-state index >= 15 is 0 Å². The van der Waals surface area contributed by atoms with Crippen LogP contribution in [-0.4, -0.2) is 30.6 Å². The first-order chi connectivity index (χ1) is 13.8. The van der Waals surface area contributed by atoms with Crippen LogP contribution in [0.3, 0.4) is 0 Å². The number of benzene rings is 1. The van der Waals surface area contributed by atoms with Crippen LogP contribution >= 0.6 is 0 Å². The topological polar surface area (TPSA) is 54.5 Å². The van der Waals surface area contributed by atoms with E-state index < -0.39 is 0 Å². The lowest BCUT2D eigenvalue weighted by Gasteiger charge is -2.34. The van der Waals surface area contributed by atoms with Crippen molar-refractivity contribution in [2.24, 2.45) is 5.92 Å². The molecule has 5 nitrogen and oxygen atoms in total. The summed E-state index contributed by atoms with van der Waals surface area (Å²) in [6.07, 6.45) is 11.6. The smallest absolute Gasteiger partial charge is 0.228 e. The lowest BCUT2D eigenvalue weighted by Crippen LogP contribution is -2.37. The number of anilines is 3. The number of nitrogens with one attached hydrogen (secondary N) is 1. The van der Waals surface area contributed by atoms with Crippen molar-refractivity contribution in [3.63, 3.8) is 0 Å². The summed E-state index contributed by atoms with van der Waals surface area (Å²) in [5.41, 5.74) is 4.62. The highest BCUT2D eigenvalue weighted by Gasteiger charge is 2.44. The molecule has 144 valence electrons. The predicted octanol–water partition coefficient (Wildman–Crippen LogP) is 4.19. The maximum absolute atomic E-state index is 12.6. The fraction of sp³-hybridized carbons (Fsp3) is 0.391. The van der Waals surface area contributed by atoms with Crippen LogP contribution in [-0.2, 0) is 14.9 Å². The standard InChI is InChI=1S/C23H25N3O2/c27-22(17-4-1-2-5-17)25-18-7-8-21-20(14-18)23(9-12-28-13-10-23)16-26(21)19-6-3-11-24-15-19/h1-3,6-8,11,14-15,17H,4-5,9-10,12-13,16H2,(H,25,27). The Labute approximate surface area is 165 Å². The molecular formula is C23H25N3O2. The predicted molar refractivity (Wildman–Crippen MR) is 110 cm³/mol. The maximum atomic E-state index is 12.6. The van der Waals surface area contributed by atoms with Crippen LogP contribution in [0.15, 0.2) is 54.9 Å². The zero-order valence-corrected chi connectivity index (χ0v) is 15.9. The summed E-state index contributed by atoms with van der Waals surface area (Å²) in [7, 11) is 0. The van der Waals surface area contributed by atoms with E-state index in [2.05, 4.69) is 45.6 Å². The first kappa shape index (κ1) is 17.4. The molecule has 2 aromatic rings. The number of allylic oxidation sites excluding steroid dienone is 2. The minimum absolute atomic E-state index is 0.0668. The van der Waals surface area contributed by atoms with Gasteiger partial charge < -0.3 is 15.0 Å². The van der Waals surface area contributed by atoms with E-state index in [0.29, 0.717) is 0 Å². The SMILES string of the molecule is O=C(Nc1ccc2c(c1)C1(CCOCC1)CN2c1cccnc1)C1CC=CC1. The minimum Gasteiger partial charge on any atom is -0.381 e. The van der Waals surface area contributed by atoms with Gasteiger partial charge in [-0.15, -0.1) is 0 Å². The zero-order valence-electron chi connectivity index (χ0n) is 15.9. The monoisotopic (exact) mass is 375 g/mol. The molecule has 1 aromatic carbocycles. The quantitative estimate of drug-likeness (QED) is 0.818. The highest BCUT2D eigenvalue weighted by atomic mass is 16.5. The van der Waals surface area contributed by atoms with Crippen molar-refractivity contribution in [1.29, 1.82) is 0 Å². The van der Waals surface area contributed by atoms with Gasteiger partial charge in [0.05, 0.1) is 11.9 Å². The molecule has 28 heavy (non-hydrogen) atoms. The molecule has 2 aliphatic heterocycles. The Morgan fingerprint density at radius 3 is 2.75 bits per heavy atom. The molecule has 1 fully saturated rings. The molecule has 1 aliphatic carbocycles. The van der Waals surface area contributed by atoms with Gasteiger partial charge in [0.15, 0.2) is 0 Å². The number of carbonyl (C=O) groups is 1. The van der Waals surface area contributed by atoms with Gasteiger partial charge in [-0.1, -0.05) is 12.2 Å². The first-order valence-electron chi connectivity index (χ1n) is 10.1. The number of nitrogens with zero attached hydrogens (tertiary/aromatic N) is 2. The number of hydrogen-bond donors (Lipinski definition) is 1. The Hall–Kier alpha value is -2.66. The van der Waals surface area contributed by atoms with Crippen LogP contribution in [0.4, 0.5) is 17.1 Å². The van der Waals surface area contributed by atoms with E-state index in [0.717, 1.165) is 56.8 Å². The van der Waals surface area contributed by atoms with Crippen molar-refractivity contribution >= 4 is 23.0 Å². The molecule has 1 amide bonds. The highest BCUT2D eigenvalue weighted by molar-refractivity contribution is 5.93. The summed E-state index contributed by atoms with van der Waals surface area (Å²) >= 11 is 0. The lowest BCUT2D eigenvalue weighted by molar-refractivity contribution is -0.119. The van der Waals surface area contributed by atoms with Crippen molar-refractivity contribution in [3.05, 3.63) is 60.4 Å². The van der Waals surface area contributed by atoms with E-state index in [-0.39, 0.29) is 17.2 Å². The largest absolute Gasteiger partial charge is 0.381 e. The minimum atomic E-state index is 0.0668. The fourth-order valence-corrected chi connectivity index (χ4v) is 4.76. The molecule has 1 aromatic heterocycles. The first-order valence-corrected chi connectivity index (χ1v) is 10.1. The van der Waals surface area contributed by atoms with Gasteiger partial charge in [-0.05, 0) is 61.6 Å². The second-order valence-electron chi connectivity index (χ2n) is 8.05. The fourth-order valence-electron chi connectivity index (χ4n) is 4.76. The van der Waals surface area contributed by atoms with Crippen molar-refractivity contribution in [1.82, 2.24) is 4.98 Å². The highest BCUT2D eigenvalue weighted by Crippen LogP contribution is 2.50. The molecule has 3 aliphatic rings. The Morgan fingerprint density at radius 1 is 1.18 bits per heavy atom. The normalized spacial score (nSPS) is 20.5. The van der Waals surface area contributed by atoms with Crippen molar-refractivity contribution in [2.45, 2.75) is 31.1 Å². The number of rotatable bonds is 3. The second kappa shape index (κ2) is 7.06. The summed E-state index contributed by atoms with van der Waals surface area (Å²) in [5.74, 6) is 0.185. The van der Waals surface area contributed by atoms with Crippen LogP contribution in [0.1, 0.15) is 31.2 Å². The Morgan fingerprint density at radius 2 is 2.00 bits per heavy atom. The number of fused-ring (bicyclic) bond motifs is 2. The maximum Gasteiger partial charge on any atom is 0.228 e. The molecule has 5 heteroatoms. The molecule has 1 N–H and O–H groups in total. The van der Waals surface area contributed by atoms with E-state index in [1.54, 1.807) is 6.20 Å². The third kappa shape index (κ3) is 3.00. The van der Waals surface area contributed by atoms with Crippen molar-refractivity contribution in [2.75, 3.05) is 30.0 Å². The Kier molecular flexibility index (Phi) is 4.40. The number of ether oxygens (including phenoxy) is 1. The van der Waals surface area contributed by atoms with Gasteiger partial charge in [-0.2, -0.15) is 0 Å². The molecule has 5 rings (SSSR count). The Balaban J connectivity index is 1.49. The number of aromatic nitrogens is 1. The summed E-state index contributed by atoms with van der Waals surface area (Å²) in [4.78, 5) is 19.2. The van der Waals surface area contributed by atoms with E-state index in [9.17, 15) is 4.79 Å². The number of hydrogen-bond acceptors (Lipinski definition) is 4. The van der Waals surface area contributed by atoms with Gasteiger partial charge in [0, 0.05) is 48.7 Å². The molecule has 0 saturated carbocycles. The molecule has 3 heterocycles. The van der Waals surface area contributed by atoms with Gasteiger partial charge in [0.2, 0.25) is 5.91 Å². The van der Waals surface area contributed by atoms with Crippen LogP contribution in [0.25, 0.3) is 0 Å². The lowest BCUT2D eigenvalue weighted by atomic mass is 9.76. The van der Waals surface area contributed by atoms with Crippen LogP contribution in [0, 0.1) is 5.92 Å². The zero-order chi connectivity index (χ0) is 19.0. The van der Waals surface area contributed by atoms with E-state index in [1.807, 2.05) is 18.3 Å². The van der Waals surface area contributed by atoms with E-state index in [4.69, 9.17) is 4.74 Å². The Bertz CT molecular complexity index is 895. The van der Waals surface area contributed by atoms with Gasteiger partial charge in [-0.3, -0.25) is 9.78 Å². The van der Waals surface area contributed by atoms with Crippen LogP contribution in [0.5, 0.6) is 0 Å². The van der Waals surface area contributed by atoms with Crippen molar-refractivity contribution in [3.8, 4) is 0 Å². The number of carbonyl (C=O) groups excluding carboxylic acids is 1. The summed E-state index contributed by atoms with van der Waals surface area (Å²) in [6.45, 7) is 2.50. The molecule has 1 spiro atoms. The third-order valence-corrected chi connectivity index (χ3v) is 6.37. The number of pyridine rings is 1. The van der Waals surface area contributed by atoms with Gasteiger partial charge in [0.1, 0.15) is 0 Å². The molecular weight excluding hydrogens is 350 g/mol. The van der Waals surface area contributed by atoms with Crippen LogP contribution < -0.4 is 10.2 Å².